The molecule has 2 N–H and O–H groups in total. The predicted molar refractivity (Wildman–Crippen MR) is 70.9 cm³/mol. The monoisotopic (exact) mass is 318 g/mol. The molecule has 0 spiro atoms. The van der Waals surface area contributed by atoms with Crippen LogP contribution in [0.1, 0.15) is 0 Å². The highest BCUT2D eigenvalue weighted by molar-refractivity contribution is 6.37. The van der Waals surface area contributed by atoms with E-state index in [-0.39, 0.29) is 51.8 Å². The SMILES string of the molecule is OB1OCC(OB2OCC(OB3OCC(O)CO3)CO2)CO1. The number of hydrogen-bond donors (Lipinski definition) is 2. The summed E-state index contributed by atoms with van der Waals surface area (Å²) >= 11 is 0. The highest BCUT2D eigenvalue weighted by Gasteiger charge is 2.38. The zero-order valence-electron chi connectivity index (χ0n) is 11.9. The third-order valence-corrected chi connectivity index (χ3v) is 3.14. The summed E-state index contributed by atoms with van der Waals surface area (Å²) in [6.45, 7) is 1.20. The Hall–Kier alpha value is -0.205. The van der Waals surface area contributed by atoms with Crippen molar-refractivity contribution in [3.63, 3.8) is 0 Å². The van der Waals surface area contributed by atoms with E-state index in [0.717, 1.165) is 0 Å². The van der Waals surface area contributed by atoms with Crippen molar-refractivity contribution in [3.8, 4) is 0 Å². The molecule has 3 rings (SSSR count). The lowest BCUT2D eigenvalue weighted by Gasteiger charge is -2.32. The van der Waals surface area contributed by atoms with Crippen LogP contribution in [-0.2, 0) is 37.2 Å². The molecule has 0 radical (unpaired) electrons. The minimum absolute atomic E-state index is 0.165. The molecule has 3 aliphatic heterocycles. The molecule has 22 heavy (non-hydrogen) atoms. The molecular weight excluding hydrogens is 301 g/mol. The zero-order chi connectivity index (χ0) is 15.4. The van der Waals surface area contributed by atoms with E-state index in [0.29, 0.717) is 0 Å². The van der Waals surface area contributed by atoms with Gasteiger partial charge in [0, 0.05) is 0 Å². The van der Waals surface area contributed by atoms with Gasteiger partial charge in [-0.05, 0) is 0 Å². The lowest BCUT2D eigenvalue weighted by atomic mass is 10.1. The Kier molecular flexibility index (Phi) is 6.10. The van der Waals surface area contributed by atoms with Gasteiger partial charge < -0.3 is 47.4 Å². The summed E-state index contributed by atoms with van der Waals surface area (Å²) in [5.41, 5.74) is 0. The number of rotatable bonds is 4. The second-order valence-electron chi connectivity index (χ2n) is 5.05. The van der Waals surface area contributed by atoms with Crippen LogP contribution in [0.25, 0.3) is 0 Å². The highest BCUT2D eigenvalue weighted by atomic mass is 16.8. The van der Waals surface area contributed by atoms with Crippen molar-refractivity contribution in [2.75, 3.05) is 39.6 Å². The maximum absolute atomic E-state index is 9.23. The third-order valence-electron chi connectivity index (χ3n) is 3.14. The number of aliphatic hydroxyl groups excluding tert-OH is 1. The first-order valence-electron chi connectivity index (χ1n) is 7.05. The van der Waals surface area contributed by atoms with Gasteiger partial charge in [-0.15, -0.1) is 0 Å². The Morgan fingerprint density at radius 1 is 0.682 bits per heavy atom. The summed E-state index contributed by atoms with van der Waals surface area (Å²) in [5.74, 6) is 0. The molecule has 10 nitrogen and oxygen atoms in total. The van der Waals surface area contributed by atoms with Gasteiger partial charge in [-0.3, -0.25) is 0 Å². The van der Waals surface area contributed by atoms with Crippen LogP contribution in [-0.4, -0.2) is 90.0 Å². The lowest BCUT2D eigenvalue weighted by molar-refractivity contribution is -0.0893. The summed E-state index contributed by atoms with van der Waals surface area (Å²) in [7, 11) is -2.89. The van der Waals surface area contributed by atoms with E-state index >= 15 is 0 Å². The van der Waals surface area contributed by atoms with Crippen LogP contribution in [0, 0.1) is 0 Å². The van der Waals surface area contributed by atoms with E-state index in [4.69, 9.17) is 42.3 Å². The number of hydrogen-bond acceptors (Lipinski definition) is 10. The Morgan fingerprint density at radius 3 is 1.59 bits per heavy atom. The fourth-order valence-corrected chi connectivity index (χ4v) is 2.05. The van der Waals surface area contributed by atoms with Crippen LogP contribution >= 0.6 is 0 Å². The maximum Gasteiger partial charge on any atom is 0.639 e. The Bertz CT molecular complexity index is 296. The fraction of sp³-hybridized carbons (Fsp3) is 1.00. The van der Waals surface area contributed by atoms with Crippen molar-refractivity contribution in [2.45, 2.75) is 18.3 Å². The zero-order valence-corrected chi connectivity index (χ0v) is 11.9. The minimum atomic E-state index is -1.21. The van der Waals surface area contributed by atoms with E-state index in [2.05, 4.69) is 0 Å². The van der Waals surface area contributed by atoms with Gasteiger partial charge in [0.2, 0.25) is 0 Å². The molecule has 0 aliphatic carbocycles. The van der Waals surface area contributed by atoms with Crippen molar-refractivity contribution in [2.24, 2.45) is 0 Å². The normalized spacial score (nSPS) is 26.7. The molecule has 3 saturated heterocycles. The van der Waals surface area contributed by atoms with Crippen molar-refractivity contribution in [1.29, 1.82) is 0 Å². The maximum atomic E-state index is 9.23. The van der Waals surface area contributed by atoms with Crippen LogP contribution in [0.3, 0.4) is 0 Å². The van der Waals surface area contributed by atoms with Crippen molar-refractivity contribution in [1.82, 2.24) is 0 Å². The molecule has 0 bridgehead atoms. The standard InChI is InChI=1S/C9H17B3O10/c13-7-1-17-11(18-2-7)22-9-5-19-12(20-6-9)21-8-3-15-10(14)16-4-8/h7-9,13-14H,1-6H2. The molecule has 3 fully saturated rings. The van der Waals surface area contributed by atoms with Gasteiger partial charge in [-0.2, -0.15) is 0 Å². The Morgan fingerprint density at radius 2 is 1.09 bits per heavy atom. The number of aliphatic hydroxyl groups is 1. The van der Waals surface area contributed by atoms with Gasteiger partial charge in [-0.25, -0.2) is 0 Å². The predicted octanol–water partition coefficient (Wildman–Crippen LogP) is -2.79. The van der Waals surface area contributed by atoms with E-state index in [1.807, 2.05) is 0 Å². The molecule has 0 amide bonds. The molecule has 3 heterocycles. The summed E-state index contributed by atoms with van der Waals surface area (Å²) in [5, 5.41) is 18.3. The first-order valence-corrected chi connectivity index (χ1v) is 7.05. The topological polar surface area (TPSA) is 114 Å². The Balaban J connectivity index is 1.32. The average molecular weight is 318 g/mol. The first kappa shape index (κ1) is 16.6. The average Bonchev–Trinajstić information content (AvgIpc) is 2.54. The molecule has 3 aliphatic rings. The van der Waals surface area contributed by atoms with Gasteiger partial charge in [-0.1, -0.05) is 0 Å². The smallest absolute Gasteiger partial charge is 0.402 e. The summed E-state index contributed by atoms with van der Waals surface area (Å²) in [4.78, 5) is 0. The largest absolute Gasteiger partial charge is 0.639 e. The third kappa shape index (κ3) is 4.90. The first-order chi connectivity index (χ1) is 10.7. The minimum Gasteiger partial charge on any atom is -0.402 e. The van der Waals surface area contributed by atoms with Crippen LogP contribution in [0.4, 0.5) is 0 Å². The molecule has 0 unspecified atom stereocenters. The molecule has 0 aromatic rings. The fourth-order valence-electron chi connectivity index (χ4n) is 2.05. The van der Waals surface area contributed by atoms with Crippen LogP contribution in [0.5, 0.6) is 0 Å². The van der Waals surface area contributed by atoms with Gasteiger partial charge in [0.05, 0.1) is 58.0 Å². The second-order valence-corrected chi connectivity index (χ2v) is 5.05. The molecule has 0 aromatic heterocycles. The molecule has 0 aromatic carbocycles. The Labute approximate surface area is 128 Å². The van der Waals surface area contributed by atoms with Crippen molar-refractivity contribution in [3.05, 3.63) is 0 Å². The van der Waals surface area contributed by atoms with Crippen molar-refractivity contribution < 1.29 is 47.4 Å². The van der Waals surface area contributed by atoms with Crippen LogP contribution in [0.15, 0.2) is 0 Å². The van der Waals surface area contributed by atoms with Crippen LogP contribution in [0.2, 0.25) is 0 Å². The van der Waals surface area contributed by atoms with E-state index < -0.39 is 28.1 Å². The molecule has 13 heteroatoms. The van der Waals surface area contributed by atoms with Crippen LogP contribution < -0.4 is 0 Å². The van der Waals surface area contributed by atoms with E-state index in [1.54, 1.807) is 0 Å². The van der Waals surface area contributed by atoms with Gasteiger partial charge >= 0.3 is 22.0 Å². The van der Waals surface area contributed by atoms with Crippen molar-refractivity contribution >= 4 is 22.0 Å². The summed E-state index contributed by atoms with van der Waals surface area (Å²) < 4.78 is 41.8. The lowest BCUT2D eigenvalue weighted by Crippen LogP contribution is -2.50. The molecule has 0 atom stereocenters. The summed E-state index contributed by atoms with van der Waals surface area (Å²) in [6.07, 6.45) is -1.37. The highest BCUT2D eigenvalue weighted by Crippen LogP contribution is 2.14. The van der Waals surface area contributed by atoms with Gasteiger partial charge in [0.15, 0.2) is 0 Å². The van der Waals surface area contributed by atoms with E-state index in [1.165, 1.54) is 0 Å². The second kappa shape index (κ2) is 8.06. The quantitative estimate of drug-likeness (QED) is 0.527. The molecular formula is C9H17B3O10. The molecule has 122 valence electrons. The van der Waals surface area contributed by atoms with Gasteiger partial charge in [0.25, 0.3) is 0 Å². The van der Waals surface area contributed by atoms with E-state index in [9.17, 15) is 5.11 Å². The molecule has 0 saturated carbocycles. The summed E-state index contributed by atoms with van der Waals surface area (Å²) in [6, 6.07) is 0. The van der Waals surface area contributed by atoms with Gasteiger partial charge in [0.1, 0.15) is 0 Å².